The number of aryl methyl sites for hydroxylation is 1. The zero-order valence-electron chi connectivity index (χ0n) is 11.5. The van der Waals surface area contributed by atoms with E-state index in [0.717, 1.165) is 25.9 Å². The molecule has 0 bridgehead atoms. The van der Waals surface area contributed by atoms with Gasteiger partial charge in [-0.05, 0) is 54.1 Å². The molecule has 0 aliphatic rings. The van der Waals surface area contributed by atoms with Crippen molar-refractivity contribution in [3.63, 3.8) is 0 Å². The van der Waals surface area contributed by atoms with Crippen LogP contribution in [0.15, 0.2) is 55.0 Å². The molecule has 0 fully saturated rings. The number of hydrogen-bond acceptors (Lipinski definition) is 2. The van der Waals surface area contributed by atoms with Gasteiger partial charge >= 0.3 is 0 Å². The zero-order valence-corrected chi connectivity index (χ0v) is 11.5. The van der Waals surface area contributed by atoms with Crippen LogP contribution in [0.2, 0.25) is 0 Å². The molecule has 3 nitrogen and oxygen atoms in total. The van der Waals surface area contributed by atoms with Crippen molar-refractivity contribution in [3.05, 3.63) is 66.1 Å². The minimum atomic E-state index is 0.745. The Kier molecular flexibility index (Phi) is 3.79. The minimum absolute atomic E-state index is 0.745. The molecule has 3 heteroatoms. The fourth-order valence-corrected chi connectivity index (χ4v) is 2.52. The van der Waals surface area contributed by atoms with Crippen LogP contribution in [-0.2, 0) is 13.0 Å². The lowest BCUT2D eigenvalue weighted by atomic mass is 10.1. The molecule has 0 aliphatic heterocycles. The van der Waals surface area contributed by atoms with Crippen LogP contribution in [0.3, 0.4) is 0 Å². The molecule has 0 amide bonds. The maximum atomic E-state index is 5.59. The summed E-state index contributed by atoms with van der Waals surface area (Å²) in [6.45, 7) is 1.60. The van der Waals surface area contributed by atoms with E-state index in [2.05, 4.69) is 46.1 Å². The van der Waals surface area contributed by atoms with Gasteiger partial charge in [-0.1, -0.05) is 18.2 Å². The number of benzene rings is 1. The van der Waals surface area contributed by atoms with E-state index in [1.165, 1.54) is 22.0 Å². The number of hydrogen-bond donors (Lipinski definition) is 1. The second-order valence-electron chi connectivity index (χ2n) is 5.09. The highest BCUT2D eigenvalue weighted by atomic mass is 15.0. The number of rotatable bonds is 5. The fourth-order valence-electron chi connectivity index (χ4n) is 2.52. The number of aromatic nitrogens is 2. The van der Waals surface area contributed by atoms with E-state index in [9.17, 15) is 0 Å². The van der Waals surface area contributed by atoms with Crippen molar-refractivity contribution in [3.8, 4) is 0 Å². The minimum Gasteiger partial charge on any atom is -0.343 e. The summed E-state index contributed by atoms with van der Waals surface area (Å²) in [6.07, 6.45) is 7.95. The molecule has 102 valence electrons. The lowest BCUT2D eigenvalue weighted by molar-refractivity contribution is 0.821. The number of fused-ring (bicyclic) bond motifs is 1. The first-order valence-corrected chi connectivity index (χ1v) is 7.03. The summed E-state index contributed by atoms with van der Waals surface area (Å²) in [7, 11) is 0. The summed E-state index contributed by atoms with van der Waals surface area (Å²) < 4.78 is 2.28. The molecule has 1 aromatic carbocycles. The van der Waals surface area contributed by atoms with Gasteiger partial charge in [-0.3, -0.25) is 4.98 Å². The largest absolute Gasteiger partial charge is 0.343 e. The monoisotopic (exact) mass is 265 g/mol. The van der Waals surface area contributed by atoms with E-state index in [4.69, 9.17) is 5.73 Å². The topological polar surface area (TPSA) is 43.8 Å². The van der Waals surface area contributed by atoms with Crippen molar-refractivity contribution in [1.82, 2.24) is 9.55 Å². The van der Waals surface area contributed by atoms with Gasteiger partial charge in [-0.2, -0.15) is 0 Å². The molecule has 0 unspecified atom stereocenters. The summed E-state index contributed by atoms with van der Waals surface area (Å²) in [5.41, 5.74) is 9.45. The summed E-state index contributed by atoms with van der Waals surface area (Å²) in [6, 6.07) is 12.9. The average molecular weight is 265 g/mol. The Morgan fingerprint density at radius 3 is 2.85 bits per heavy atom. The number of pyridine rings is 1. The Hall–Kier alpha value is -2.13. The first kappa shape index (κ1) is 12.9. The van der Waals surface area contributed by atoms with E-state index >= 15 is 0 Å². The molecule has 3 aromatic rings. The van der Waals surface area contributed by atoms with Crippen LogP contribution in [0, 0.1) is 0 Å². The van der Waals surface area contributed by atoms with Crippen molar-refractivity contribution in [2.45, 2.75) is 19.4 Å². The van der Waals surface area contributed by atoms with Crippen molar-refractivity contribution in [1.29, 1.82) is 0 Å². The maximum absolute atomic E-state index is 5.59. The Morgan fingerprint density at radius 2 is 2.05 bits per heavy atom. The second-order valence-corrected chi connectivity index (χ2v) is 5.09. The van der Waals surface area contributed by atoms with Gasteiger partial charge in [0.2, 0.25) is 0 Å². The molecule has 0 spiro atoms. The van der Waals surface area contributed by atoms with Gasteiger partial charge in [0, 0.05) is 30.7 Å². The Morgan fingerprint density at radius 1 is 1.10 bits per heavy atom. The molecular formula is C17H19N3. The predicted molar refractivity (Wildman–Crippen MR) is 82.7 cm³/mol. The Balaban J connectivity index is 1.90. The molecule has 0 aliphatic carbocycles. The smallest absolute Gasteiger partial charge is 0.0491 e. The van der Waals surface area contributed by atoms with E-state index in [-0.39, 0.29) is 0 Å². The third kappa shape index (κ3) is 2.73. The molecule has 2 aromatic heterocycles. The van der Waals surface area contributed by atoms with E-state index in [0.29, 0.717) is 0 Å². The quantitative estimate of drug-likeness (QED) is 0.770. The van der Waals surface area contributed by atoms with Crippen LogP contribution in [0.1, 0.15) is 17.5 Å². The van der Waals surface area contributed by atoms with Crippen molar-refractivity contribution < 1.29 is 0 Å². The second kappa shape index (κ2) is 5.88. The molecule has 3 rings (SSSR count). The van der Waals surface area contributed by atoms with E-state index < -0.39 is 0 Å². The molecule has 0 atom stereocenters. The van der Waals surface area contributed by atoms with Crippen molar-refractivity contribution in [2.24, 2.45) is 5.73 Å². The van der Waals surface area contributed by atoms with Crippen LogP contribution in [0.5, 0.6) is 0 Å². The van der Waals surface area contributed by atoms with Crippen LogP contribution in [-0.4, -0.2) is 16.1 Å². The average Bonchev–Trinajstić information content (AvgIpc) is 2.89. The van der Waals surface area contributed by atoms with Gasteiger partial charge in [-0.15, -0.1) is 0 Å². The molecule has 0 saturated heterocycles. The van der Waals surface area contributed by atoms with Crippen molar-refractivity contribution >= 4 is 10.9 Å². The summed E-state index contributed by atoms with van der Waals surface area (Å²) in [5, 5.41) is 1.28. The highest BCUT2D eigenvalue weighted by molar-refractivity contribution is 5.81. The molecule has 0 radical (unpaired) electrons. The normalized spacial score (nSPS) is 11.1. The first-order valence-electron chi connectivity index (χ1n) is 7.03. The van der Waals surface area contributed by atoms with E-state index in [1.807, 2.05) is 18.5 Å². The van der Waals surface area contributed by atoms with Gasteiger partial charge in [0.1, 0.15) is 0 Å². The Bertz CT molecular complexity index is 686. The van der Waals surface area contributed by atoms with Gasteiger partial charge in [-0.25, -0.2) is 0 Å². The summed E-state index contributed by atoms with van der Waals surface area (Å²) in [4.78, 5) is 4.18. The maximum Gasteiger partial charge on any atom is 0.0491 e. The lowest BCUT2D eigenvalue weighted by Crippen LogP contribution is -2.01. The van der Waals surface area contributed by atoms with Crippen LogP contribution < -0.4 is 5.73 Å². The highest BCUT2D eigenvalue weighted by Crippen LogP contribution is 2.19. The molecule has 0 saturated carbocycles. The van der Waals surface area contributed by atoms with Crippen LogP contribution in [0.25, 0.3) is 10.9 Å². The zero-order chi connectivity index (χ0) is 13.8. The van der Waals surface area contributed by atoms with Crippen LogP contribution >= 0.6 is 0 Å². The fraction of sp³-hybridized carbons (Fsp3) is 0.235. The highest BCUT2D eigenvalue weighted by Gasteiger charge is 2.03. The predicted octanol–water partition coefficient (Wildman–Crippen LogP) is 2.98. The lowest BCUT2D eigenvalue weighted by Gasteiger charge is -2.07. The molecule has 2 N–H and O–H groups in total. The Labute approximate surface area is 119 Å². The summed E-state index contributed by atoms with van der Waals surface area (Å²) in [5.74, 6) is 0. The molecule has 2 heterocycles. The molecule has 20 heavy (non-hydrogen) atoms. The SMILES string of the molecule is NCCCc1ccc2ccn(Cc3cccnc3)c2c1. The van der Waals surface area contributed by atoms with Crippen molar-refractivity contribution in [2.75, 3.05) is 6.54 Å². The number of nitrogens with zero attached hydrogens (tertiary/aromatic N) is 2. The molecular weight excluding hydrogens is 246 g/mol. The third-order valence-electron chi connectivity index (χ3n) is 3.58. The van der Waals surface area contributed by atoms with Gasteiger partial charge in [0.15, 0.2) is 0 Å². The van der Waals surface area contributed by atoms with Gasteiger partial charge in [0.25, 0.3) is 0 Å². The first-order chi connectivity index (χ1) is 9.86. The standard InChI is InChI=1S/C17H19N3/c18-8-1-3-14-5-6-16-7-10-20(17(16)11-14)13-15-4-2-9-19-12-15/h2,4-7,9-12H,1,3,8,13,18H2. The van der Waals surface area contributed by atoms with Gasteiger partial charge < -0.3 is 10.3 Å². The van der Waals surface area contributed by atoms with Crippen LogP contribution in [0.4, 0.5) is 0 Å². The van der Waals surface area contributed by atoms with E-state index in [1.54, 1.807) is 0 Å². The third-order valence-corrected chi connectivity index (χ3v) is 3.58. The van der Waals surface area contributed by atoms with Gasteiger partial charge in [0.05, 0.1) is 0 Å². The number of nitrogens with two attached hydrogens (primary N) is 1. The summed E-state index contributed by atoms with van der Waals surface area (Å²) >= 11 is 0.